The first-order valence-corrected chi connectivity index (χ1v) is 9.74. The first kappa shape index (κ1) is 19.4. The molecule has 0 unspecified atom stereocenters. The van der Waals surface area contributed by atoms with Crippen LogP contribution < -0.4 is 0 Å². The molecule has 0 radical (unpaired) electrons. The van der Waals surface area contributed by atoms with E-state index in [4.69, 9.17) is 0 Å². The Morgan fingerprint density at radius 3 is 1.74 bits per heavy atom. The molecular weight excluding hydrogens is 326 g/mol. The maximum absolute atomic E-state index is 4.68. The van der Waals surface area contributed by atoms with Gasteiger partial charge in [-0.2, -0.15) is 0 Å². The highest BCUT2D eigenvalue weighted by atomic mass is 14.7. The molecule has 0 aliphatic rings. The van der Waals surface area contributed by atoms with Crippen molar-refractivity contribution in [2.45, 2.75) is 59.3 Å². The molecule has 1 heterocycles. The fourth-order valence-electron chi connectivity index (χ4n) is 3.25. The van der Waals surface area contributed by atoms with Crippen LogP contribution in [-0.2, 0) is 10.8 Å². The fourth-order valence-corrected chi connectivity index (χ4v) is 3.25. The zero-order chi connectivity index (χ0) is 19.8. The molecule has 0 saturated heterocycles. The molecular formula is C26H31N. The third-order valence-electron chi connectivity index (χ3n) is 5.15. The molecule has 0 aliphatic heterocycles. The zero-order valence-corrected chi connectivity index (χ0v) is 17.7. The highest BCUT2D eigenvalue weighted by Gasteiger charge is 2.21. The number of benzene rings is 2. The molecule has 0 bridgehead atoms. The van der Waals surface area contributed by atoms with E-state index in [0.717, 1.165) is 11.3 Å². The predicted octanol–water partition coefficient (Wildman–Crippen LogP) is 7.32. The van der Waals surface area contributed by atoms with E-state index >= 15 is 0 Å². The van der Waals surface area contributed by atoms with Crippen LogP contribution in [0.3, 0.4) is 0 Å². The first-order valence-electron chi connectivity index (χ1n) is 9.74. The van der Waals surface area contributed by atoms with Crippen molar-refractivity contribution in [1.82, 2.24) is 4.98 Å². The summed E-state index contributed by atoms with van der Waals surface area (Å²) in [5, 5.41) is 0. The second kappa shape index (κ2) is 6.96. The molecule has 140 valence electrons. The third kappa shape index (κ3) is 4.30. The van der Waals surface area contributed by atoms with Gasteiger partial charge in [0.15, 0.2) is 0 Å². The molecule has 0 atom stereocenters. The zero-order valence-electron chi connectivity index (χ0n) is 17.7. The van der Waals surface area contributed by atoms with Crippen molar-refractivity contribution in [3.8, 4) is 22.4 Å². The molecule has 0 N–H and O–H groups in total. The van der Waals surface area contributed by atoms with E-state index in [1.807, 2.05) is 12.3 Å². The van der Waals surface area contributed by atoms with E-state index in [-0.39, 0.29) is 10.8 Å². The van der Waals surface area contributed by atoms with Crippen LogP contribution in [0.2, 0.25) is 0 Å². The number of rotatable bonds is 2. The van der Waals surface area contributed by atoms with E-state index in [0.29, 0.717) is 0 Å². The van der Waals surface area contributed by atoms with E-state index in [2.05, 4.69) is 102 Å². The van der Waals surface area contributed by atoms with Gasteiger partial charge >= 0.3 is 0 Å². The molecule has 3 aromatic rings. The Morgan fingerprint density at radius 1 is 0.667 bits per heavy atom. The van der Waals surface area contributed by atoms with Gasteiger partial charge in [0, 0.05) is 11.8 Å². The Hall–Kier alpha value is -2.41. The summed E-state index contributed by atoms with van der Waals surface area (Å²) in [5.74, 6) is 0. The largest absolute Gasteiger partial charge is 0.256 e. The van der Waals surface area contributed by atoms with Crippen molar-refractivity contribution in [2.75, 3.05) is 0 Å². The summed E-state index contributed by atoms with van der Waals surface area (Å²) < 4.78 is 0. The lowest BCUT2D eigenvalue weighted by atomic mass is 9.78. The maximum Gasteiger partial charge on any atom is 0.0708 e. The van der Waals surface area contributed by atoms with E-state index < -0.39 is 0 Å². The van der Waals surface area contributed by atoms with Gasteiger partial charge in [0.05, 0.1) is 5.69 Å². The van der Waals surface area contributed by atoms with Crippen LogP contribution in [0.25, 0.3) is 22.4 Å². The van der Waals surface area contributed by atoms with Gasteiger partial charge in [-0.25, -0.2) is 0 Å². The maximum atomic E-state index is 4.68. The summed E-state index contributed by atoms with van der Waals surface area (Å²) in [6, 6.07) is 19.7. The average Bonchev–Trinajstić information content (AvgIpc) is 2.61. The van der Waals surface area contributed by atoms with Crippen LogP contribution in [0.5, 0.6) is 0 Å². The summed E-state index contributed by atoms with van der Waals surface area (Å²) in [7, 11) is 0. The van der Waals surface area contributed by atoms with Crippen molar-refractivity contribution >= 4 is 0 Å². The van der Waals surface area contributed by atoms with Gasteiger partial charge < -0.3 is 0 Å². The summed E-state index contributed by atoms with van der Waals surface area (Å²) in [6.45, 7) is 15.9. The number of hydrogen-bond acceptors (Lipinski definition) is 1. The predicted molar refractivity (Wildman–Crippen MR) is 117 cm³/mol. The molecule has 0 saturated carbocycles. The molecule has 0 spiro atoms. The molecule has 0 fully saturated rings. The summed E-state index contributed by atoms with van der Waals surface area (Å²) in [6.07, 6.45) is 2.00. The van der Waals surface area contributed by atoms with Gasteiger partial charge in [0.2, 0.25) is 0 Å². The van der Waals surface area contributed by atoms with Gasteiger partial charge in [0.1, 0.15) is 0 Å². The quantitative estimate of drug-likeness (QED) is 0.468. The monoisotopic (exact) mass is 357 g/mol. The number of aryl methyl sites for hydroxylation is 1. The van der Waals surface area contributed by atoms with Crippen LogP contribution >= 0.6 is 0 Å². The van der Waals surface area contributed by atoms with Crippen molar-refractivity contribution in [2.24, 2.45) is 0 Å². The van der Waals surface area contributed by atoms with Crippen molar-refractivity contribution in [3.05, 3.63) is 77.5 Å². The highest BCUT2D eigenvalue weighted by Crippen LogP contribution is 2.35. The molecule has 2 aromatic carbocycles. The second-order valence-electron chi connectivity index (χ2n) is 9.55. The number of pyridine rings is 1. The van der Waals surface area contributed by atoms with Crippen LogP contribution in [-0.4, -0.2) is 4.98 Å². The minimum absolute atomic E-state index is 0.110. The lowest BCUT2D eigenvalue weighted by molar-refractivity contribution is 0.569. The number of hydrogen-bond donors (Lipinski definition) is 0. The molecule has 3 rings (SSSR count). The van der Waals surface area contributed by atoms with Gasteiger partial charge in [-0.15, -0.1) is 0 Å². The van der Waals surface area contributed by atoms with Crippen molar-refractivity contribution < 1.29 is 0 Å². The number of nitrogens with zero attached hydrogens (tertiary/aromatic N) is 1. The van der Waals surface area contributed by atoms with Gasteiger partial charge in [0.25, 0.3) is 0 Å². The SMILES string of the molecule is Cc1cnc(-c2ccccc2)cc1-c1cc(C(C)(C)C)cc(C(C)(C)C)c1. The van der Waals surface area contributed by atoms with Crippen LogP contribution in [0.4, 0.5) is 0 Å². The Labute approximate surface area is 164 Å². The van der Waals surface area contributed by atoms with Gasteiger partial charge in [-0.1, -0.05) is 90.1 Å². The normalized spacial score (nSPS) is 12.3. The van der Waals surface area contributed by atoms with E-state index in [1.165, 1.54) is 27.8 Å². The summed E-state index contributed by atoms with van der Waals surface area (Å²) >= 11 is 0. The molecule has 0 amide bonds. The minimum atomic E-state index is 0.110. The van der Waals surface area contributed by atoms with E-state index in [1.54, 1.807) is 0 Å². The highest BCUT2D eigenvalue weighted by molar-refractivity contribution is 5.74. The Bertz CT molecular complexity index is 906. The summed E-state index contributed by atoms with van der Waals surface area (Å²) in [4.78, 5) is 4.68. The lowest BCUT2D eigenvalue weighted by Gasteiger charge is -2.26. The van der Waals surface area contributed by atoms with Crippen LogP contribution in [0, 0.1) is 6.92 Å². The molecule has 27 heavy (non-hydrogen) atoms. The Balaban J connectivity index is 2.21. The summed E-state index contributed by atoms with van der Waals surface area (Å²) in [5.41, 5.74) is 8.91. The Kier molecular flexibility index (Phi) is 4.99. The average molecular weight is 358 g/mol. The topological polar surface area (TPSA) is 12.9 Å². The molecule has 1 heteroatoms. The standard InChI is InChI=1S/C26H31N/c1-18-17-27-24(19-11-9-8-10-12-19)16-23(18)20-13-21(25(2,3)4)15-22(14-20)26(5,6)7/h8-17H,1-7H3. The van der Waals surface area contributed by atoms with Crippen molar-refractivity contribution in [3.63, 3.8) is 0 Å². The second-order valence-corrected chi connectivity index (χ2v) is 9.55. The minimum Gasteiger partial charge on any atom is -0.256 e. The number of aromatic nitrogens is 1. The first-order chi connectivity index (χ1) is 12.6. The lowest BCUT2D eigenvalue weighted by Crippen LogP contribution is -2.16. The fraction of sp³-hybridized carbons (Fsp3) is 0.346. The molecule has 1 nitrogen and oxygen atoms in total. The Morgan fingerprint density at radius 2 is 1.22 bits per heavy atom. The van der Waals surface area contributed by atoms with Crippen molar-refractivity contribution in [1.29, 1.82) is 0 Å². The molecule has 1 aromatic heterocycles. The van der Waals surface area contributed by atoms with Gasteiger partial charge in [-0.3, -0.25) is 4.98 Å². The van der Waals surface area contributed by atoms with Crippen LogP contribution in [0.15, 0.2) is 60.8 Å². The van der Waals surface area contributed by atoms with E-state index in [9.17, 15) is 0 Å². The smallest absolute Gasteiger partial charge is 0.0708 e. The van der Waals surface area contributed by atoms with Gasteiger partial charge in [-0.05, 0) is 51.6 Å². The van der Waals surface area contributed by atoms with Crippen LogP contribution in [0.1, 0.15) is 58.2 Å². The third-order valence-corrected chi connectivity index (χ3v) is 5.15. The molecule has 0 aliphatic carbocycles.